The van der Waals surface area contributed by atoms with Crippen molar-refractivity contribution in [3.8, 4) is 0 Å². The number of aromatic nitrogens is 3. The summed E-state index contributed by atoms with van der Waals surface area (Å²) in [5, 5.41) is 32.7. The van der Waals surface area contributed by atoms with E-state index in [9.17, 15) is 5.11 Å². The number of H-pyrrole nitrogens is 1. The first kappa shape index (κ1) is 57.9. The number of nitrogens with one attached hydrogen (secondary N) is 7. The van der Waals surface area contributed by atoms with Crippen molar-refractivity contribution in [3.63, 3.8) is 0 Å². The second-order valence-corrected chi connectivity index (χ2v) is 22.6. The molecule has 4 aliphatic heterocycles. The van der Waals surface area contributed by atoms with Crippen molar-refractivity contribution in [3.05, 3.63) is 214 Å². The fourth-order valence-corrected chi connectivity index (χ4v) is 11.6. The highest BCUT2D eigenvalue weighted by Crippen LogP contribution is 2.39. The lowest BCUT2D eigenvalue weighted by Gasteiger charge is -2.27. The van der Waals surface area contributed by atoms with Crippen molar-refractivity contribution in [1.82, 2.24) is 66.5 Å². The first-order valence-corrected chi connectivity index (χ1v) is 30.2. The van der Waals surface area contributed by atoms with Crippen LogP contribution in [0.2, 0.25) is 0 Å². The van der Waals surface area contributed by atoms with Gasteiger partial charge in [0.05, 0.1) is 17.4 Å². The minimum atomic E-state index is -0.281. The molecule has 11 rings (SSSR count). The number of fused-ring (bicyclic) bond motifs is 3. The van der Waals surface area contributed by atoms with Crippen LogP contribution in [0.5, 0.6) is 0 Å². The Labute approximate surface area is 482 Å². The Morgan fingerprint density at radius 2 is 1.30 bits per heavy atom. The summed E-state index contributed by atoms with van der Waals surface area (Å²) in [6, 6.07) is 37.9. The standard InChI is InChI=1S/C39H47N7.C28H42N6O/c1-3-17-42-34(8-1)25-40-19-22-45(23-20-41-26-35-9-2-4-18-43-35)27-30-10-12-31(13-11-30)28-46-21-16-36-37-24-33(32-6-5-7-32)14-15-38(37)44-39(36)29-46;35-28-8-5-17-34(28)23-25-11-9-24(10-12-25)22-33(18-15-29-20-26-6-1-3-13-31-26)19-16-30-21-27-7-2-4-14-32-27/h1-4,8-15,17-18,24,32,40-41,44H,5-7,16,19-23,25-29H2;1-4,6-7,9-13,26,28-32,35H,5,8,14-23H2/t;26?,28-/m.1/s1. The van der Waals surface area contributed by atoms with Gasteiger partial charge in [-0.2, -0.15) is 0 Å². The average Bonchev–Trinajstić information content (AvgIpc) is 4.11. The van der Waals surface area contributed by atoms with Gasteiger partial charge in [0.2, 0.25) is 0 Å². The van der Waals surface area contributed by atoms with Crippen molar-refractivity contribution in [2.24, 2.45) is 0 Å². The zero-order chi connectivity index (χ0) is 55.1. The monoisotopic (exact) mass is 1090 g/mol. The third kappa shape index (κ3) is 18.3. The normalized spacial score (nSPS) is 18.1. The van der Waals surface area contributed by atoms with Crippen LogP contribution in [0.1, 0.15) is 88.5 Å². The van der Waals surface area contributed by atoms with Gasteiger partial charge >= 0.3 is 0 Å². The predicted octanol–water partition coefficient (Wildman–Crippen LogP) is 7.83. The van der Waals surface area contributed by atoms with Crippen molar-refractivity contribution in [2.75, 3.05) is 85.1 Å². The van der Waals surface area contributed by atoms with Crippen LogP contribution in [-0.4, -0.2) is 137 Å². The number of aromatic amines is 1. The highest BCUT2D eigenvalue weighted by Gasteiger charge is 2.25. The van der Waals surface area contributed by atoms with Crippen LogP contribution in [0.15, 0.2) is 164 Å². The van der Waals surface area contributed by atoms with Gasteiger partial charge in [-0.05, 0) is 126 Å². The van der Waals surface area contributed by atoms with Gasteiger partial charge in [-0.3, -0.25) is 29.6 Å². The predicted molar refractivity (Wildman–Crippen MR) is 330 cm³/mol. The largest absolute Gasteiger partial charge is 0.384 e. The van der Waals surface area contributed by atoms with E-state index < -0.39 is 0 Å². The van der Waals surface area contributed by atoms with E-state index in [4.69, 9.17) is 0 Å². The van der Waals surface area contributed by atoms with E-state index in [-0.39, 0.29) is 6.23 Å². The van der Waals surface area contributed by atoms with Gasteiger partial charge in [-0.15, -0.1) is 0 Å². The van der Waals surface area contributed by atoms with E-state index in [1.807, 2.05) is 48.9 Å². The summed E-state index contributed by atoms with van der Waals surface area (Å²) < 4.78 is 0. The maximum Gasteiger partial charge on any atom is 0.107 e. The lowest BCUT2D eigenvalue weighted by Crippen LogP contribution is -2.41. The molecule has 2 fully saturated rings. The molecule has 1 unspecified atom stereocenters. The maximum atomic E-state index is 10.1. The van der Waals surface area contributed by atoms with E-state index in [0.29, 0.717) is 6.04 Å². The first-order valence-electron chi connectivity index (χ1n) is 30.2. The molecule has 14 heteroatoms. The molecular weight excluding hydrogens is 1000 g/mol. The molecule has 0 spiro atoms. The summed E-state index contributed by atoms with van der Waals surface area (Å²) in [6.45, 7) is 18.8. The minimum absolute atomic E-state index is 0.281. The summed E-state index contributed by atoms with van der Waals surface area (Å²) in [6.07, 6.45) is 25.4. The zero-order valence-corrected chi connectivity index (χ0v) is 47.8. The Morgan fingerprint density at radius 3 is 1.88 bits per heavy atom. The van der Waals surface area contributed by atoms with Crippen LogP contribution >= 0.6 is 0 Å². The molecule has 1 saturated heterocycles. The molecular formula is C67H89N13O. The molecule has 5 aliphatic rings. The van der Waals surface area contributed by atoms with Gasteiger partial charge in [0.1, 0.15) is 6.23 Å². The fraction of sp³-hybridized carbons (Fsp3) is 0.433. The minimum Gasteiger partial charge on any atom is -0.384 e. The van der Waals surface area contributed by atoms with Gasteiger partial charge < -0.3 is 42.0 Å². The number of rotatable bonds is 29. The highest BCUT2D eigenvalue weighted by atomic mass is 16.3. The molecule has 6 aromatic rings. The van der Waals surface area contributed by atoms with E-state index >= 15 is 0 Å². The lowest BCUT2D eigenvalue weighted by atomic mass is 9.79. The van der Waals surface area contributed by atoms with Crippen LogP contribution in [-0.2, 0) is 52.2 Å². The number of aliphatic hydroxyl groups is 1. The molecule has 3 aromatic carbocycles. The maximum absolute atomic E-state index is 10.1. The average molecular weight is 1090 g/mol. The van der Waals surface area contributed by atoms with Gasteiger partial charge in [-0.25, -0.2) is 0 Å². The van der Waals surface area contributed by atoms with E-state index in [0.717, 1.165) is 167 Å². The van der Waals surface area contributed by atoms with E-state index in [1.54, 1.807) is 11.1 Å². The summed E-state index contributed by atoms with van der Waals surface area (Å²) in [5.41, 5.74) is 14.6. The topological polar surface area (TPSA) is 147 Å². The first-order chi connectivity index (χ1) is 40.0. The van der Waals surface area contributed by atoms with Crippen molar-refractivity contribution >= 4 is 10.9 Å². The van der Waals surface area contributed by atoms with E-state index in [1.165, 1.54) is 63.8 Å². The molecule has 8 N–H and O–H groups in total. The molecule has 3 aromatic heterocycles. The summed E-state index contributed by atoms with van der Waals surface area (Å²) in [7, 11) is 0. The molecule has 428 valence electrons. The quantitative estimate of drug-likeness (QED) is 0.0216. The molecule has 14 nitrogen and oxygen atoms in total. The number of dihydropyridines is 2. The Balaban J connectivity index is 0.000000189. The second-order valence-electron chi connectivity index (χ2n) is 22.6. The number of pyridine rings is 2. The molecule has 0 amide bonds. The van der Waals surface area contributed by atoms with Crippen LogP contribution in [0.25, 0.3) is 10.9 Å². The third-order valence-electron chi connectivity index (χ3n) is 16.5. The molecule has 81 heavy (non-hydrogen) atoms. The van der Waals surface area contributed by atoms with Crippen LogP contribution in [0, 0.1) is 0 Å². The number of allylic oxidation sites excluding steroid dienone is 4. The smallest absolute Gasteiger partial charge is 0.107 e. The SMILES string of the molecule is O[C@@H]1CCCN1Cc1ccc(CN(CCNCC2=CC=CCN2)CCNCC2C=CC=CN2)cc1.c1ccc(CNCCN(CCNCc2ccccn2)Cc2ccc(CN3CCc4c([nH]c5ccc(C6CCC6)cc45)C3)cc2)nc1. The Hall–Kier alpha value is -6.30. The van der Waals surface area contributed by atoms with Crippen LogP contribution in [0.4, 0.5) is 0 Å². The van der Waals surface area contributed by atoms with Gasteiger partial charge in [0, 0.05) is 166 Å². The molecule has 2 atom stereocenters. The van der Waals surface area contributed by atoms with Crippen LogP contribution in [0.3, 0.4) is 0 Å². The summed E-state index contributed by atoms with van der Waals surface area (Å²) in [5.74, 6) is 0.785. The molecule has 7 heterocycles. The van der Waals surface area contributed by atoms with Gasteiger partial charge in [-0.1, -0.05) is 97.5 Å². The number of hydrogen-bond donors (Lipinski definition) is 8. The number of aliphatic hydroxyl groups excluding tert-OH is 1. The Kier molecular flexibility index (Phi) is 22.3. The summed E-state index contributed by atoms with van der Waals surface area (Å²) >= 11 is 0. The fourth-order valence-electron chi connectivity index (χ4n) is 11.6. The number of benzene rings is 3. The van der Waals surface area contributed by atoms with Crippen molar-refractivity contribution in [2.45, 2.75) is 103 Å². The molecule has 1 saturated carbocycles. The third-order valence-corrected chi connectivity index (χ3v) is 16.5. The van der Waals surface area contributed by atoms with Crippen LogP contribution < -0.4 is 31.9 Å². The number of nitrogens with zero attached hydrogens (tertiary/aromatic N) is 6. The van der Waals surface area contributed by atoms with Crippen molar-refractivity contribution in [1.29, 1.82) is 0 Å². The van der Waals surface area contributed by atoms with Crippen molar-refractivity contribution < 1.29 is 5.11 Å². The lowest BCUT2D eigenvalue weighted by molar-refractivity contribution is 0.0328. The number of hydrogen-bond acceptors (Lipinski definition) is 13. The second kappa shape index (κ2) is 31.2. The van der Waals surface area contributed by atoms with E-state index in [2.05, 4.69) is 176 Å². The van der Waals surface area contributed by atoms with Gasteiger partial charge in [0.25, 0.3) is 0 Å². The summed E-state index contributed by atoms with van der Waals surface area (Å²) in [4.78, 5) is 22.4. The Bertz CT molecular complexity index is 2870. The number of likely N-dealkylation sites (tertiary alicyclic amines) is 1. The molecule has 0 bridgehead atoms. The Morgan fingerprint density at radius 1 is 0.642 bits per heavy atom. The highest BCUT2D eigenvalue weighted by molar-refractivity contribution is 5.85. The molecule has 1 aliphatic carbocycles. The van der Waals surface area contributed by atoms with Gasteiger partial charge in [0.15, 0.2) is 0 Å². The zero-order valence-electron chi connectivity index (χ0n) is 47.8. The molecule has 0 radical (unpaired) electrons.